The molecule has 0 unspecified atom stereocenters. The molecule has 1 aromatic carbocycles. The summed E-state index contributed by atoms with van der Waals surface area (Å²) >= 11 is 0. The molecule has 1 aliphatic heterocycles. The van der Waals surface area contributed by atoms with E-state index in [9.17, 15) is 18.0 Å². The summed E-state index contributed by atoms with van der Waals surface area (Å²) in [6, 6.07) is 5.50. The van der Waals surface area contributed by atoms with Gasteiger partial charge in [-0.05, 0) is 50.2 Å². The van der Waals surface area contributed by atoms with Crippen LogP contribution in [0, 0.1) is 12.8 Å². The number of carbonyl (C=O) groups is 1. The third-order valence-corrected chi connectivity index (χ3v) is 4.93. The molecule has 1 aromatic heterocycles. The van der Waals surface area contributed by atoms with Crippen molar-refractivity contribution in [3.8, 4) is 0 Å². The van der Waals surface area contributed by atoms with E-state index in [1.165, 1.54) is 18.5 Å². The molecule has 1 atom stereocenters. The average molecular weight is 365 g/mol. The van der Waals surface area contributed by atoms with E-state index in [0.29, 0.717) is 36.7 Å². The maximum atomic E-state index is 12.8. The van der Waals surface area contributed by atoms with Crippen molar-refractivity contribution in [1.29, 1.82) is 0 Å². The number of nitrogens with zero attached hydrogens (tertiary/aromatic N) is 2. The minimum absolute atomic E-state index is 0.0764. The zero-order chi connectivity index (χ0) is 18.7. The van der Waals surface area contributed by atoms with Gasteiger partial charge in [0.15, 0.2) is 0 Å². The molecule has 1 aliphatic rings. The van der Waals surface area contributed by atoms with E-state index in [-0.39, 0.29) is 5.91 Å². The van der Waals surface area contributed by atoms with E-state index < -0.39 is 11.7 Å². The highest BCUT2D eigenvalue weighted by Crippen LogP contribution is 2.30. The molecule has 0 bridgehead atoms. The van der Waals surface area contributed by atoms with Gasteiger partial charge in [0, 0.05) is 18.8 Å². The van der Waals surface area contributed by atoms with Gasteiger partial charge in [0.25, 0.3) is 5.91 Å². The fourth-order valence-corrected chi connectivity index (χ4v) is 3.48. The monoisotopic (exact) mass is 365 g/mol. The number of alkyl halides is 3. The third-order valence-electron chi connectivity index (χ3n) is 4.93. The number of aromatic nitrogens is 2. The summed E-state index contributed by atoms with van der Waals surface area (Å²) in [5.41, 5.74) is 1.28. The number of aryl methyl sites for hydroxylation is 2. The number of halogens is 3. The van der Waals surface area contributed by atoms with Crippen LogP contribution in [0.3, 0.4) is 0 Å². The molecule has 2 aromatic rings. The van der Waals surface area contributed by atoms with Crippen LogP contribution in [0.5, 0.6) is 0 Å². The Bertz CT molecular complexity index is 769. The Morgan fingerprint density at radius 1 is 1.38 bits per heavy atom. The zero-order valence-corrected chi connectivity index (χ0v) is 14.6. The first-order valence-corrected chi connectivity index (χ1v) is 8.80. The predicted octanol–water partition coefficient (Wildman–Crippen LogP) is 4.22. The van der Waals surface area contributed by atoms with E-state index in [4.69, 9.17) is 0 Å². The van der Waals surface area contributed by atoms with Crippen molar-refractivity contribution in [2.75, 3.05) is 13.1 Å². The Hall–Kier alpha value is -2.31. The number of piperidine rings is 1. The van der Waals surface area contributed by atoms with E-state index in [1.54, 1.807) is 6.07 Å². The number of H-pyrrole nitrogens is 1. The Balaban J connectivity index is 1.59. The standard InChI is InChI=1S/C19H22F3N3O/c1-13-17(24-12-23-13)18(26)25-9-3-5-15(11-25)8-7-14-4-2-6-16(10-14)19(20,21)22/h2,4,6,10,12,15H,3,5,7-9,11H2,1H3,(H,23,24)/t15-/m0/s1. The van der Waals surface area contributed by atoms with Crippen LogP contribution in [0.1, 0.15) is 46.6 Å². The van der Waals surface area contributed by atoms with Crippen LogP contribution in [-0.2, 0) is 12.6 Å². The maximum Gasteiger partial charge on any atom is 0.416 e. The molecule has 7 heteroatoms. The minimum atomic E-state index is -4.31. The van der Waals surface area contributed by atoms with Crippen molar-refractivity contribution in [2.45, 2.75) is 38.8 Å². The summed E-state index contributed by atoms with van der Waals surface area (Å²) in [4.78, 5) is 21.4. The molecule has 26 heavy (non-hydrogen) atoms. The summed E-state index contributed by atoms with van der Waals surface area (Å²) in [6.07, 6.45) is 0.441. The Labute approximate surface area is 150 Å². The SMILES string of the molecule is Cc1[nH]cnc1C(=O)N1CCC[C@@H](CCc2cccc(C(F)(F)F)c2)C1. The topological polar surface area (TPSA) is 49.0 Å². The van der Waals surface area contributed by atoms with Crippen LogP contribution in [-0.4, -0.2) is 33.9 Å². The lowest BCUT2D eigenvalue weighted by Crippen LogP contribution is -2.40. The number of amides is 1. The van der Waals surface area contributed by atoms with Crippen molar-refractivity contribution in [2.24, 2.45) is 5.92 Å². The van der Waals surface area contributed by atoms with E-state index in [2.05, 4.69) is 9.97 Å². The number of benzene rings is 1. The first-order valence-electron chi connectivity index (χ1n) is 8.80. The maximum absolute atomic E-state index is 12.8. The van der Waals surface area contributed by atoms with E-state index in [1.807, 2.05) is 11.8 Å². The van der Waals surface area contributed by atoms with Gasteiger partial charge in [0.1, 0.15) is 5.69 Å². The molecule has 140 valence electrons. The van der Waals surface area contributed by atoms with Crippen molar-refractivity contribution in [3.05, 3.63) is 53.1 Å². The van der Waals surface area contributed by atoms with Crippen molar-refractivity contribution < 1.29 is 18.0 Å². The quantitative estimate of drug-likeness (QED) is 0.882. The van der Waals surface area contributed by atoms with Crippen LogP contribution in [0.25, 0.3) is 0 Å². The average Bonchev–Trinajstić information content (AvgIpc) is 3.05. The summed E-state index contributed by atoms with van der Waals surface area (Å²) in [7, 11) is 0. The fraction of sp³-hybridized carbons (Fsp3) is 0.474. The largest absolute Gasteiger partial charge is 0.416 e. The van der Waals surface area contributed by atoms with Gasteiger partial charge in [0.2, 0.25) is 0 Å². The van der Waals surface area contributed by atoms with E-state index in [0.717, 1.165) is 31.0 Å². The van der Waals surface area contributed by atoms with Crippen LogP contribution in [0.4, 0.5) is 13.2 Å². The molecule has 4 nitrogen and oxygen atoms in total. The molecule has 1 saturated heterocycles. The second kappa shape index (κ2) is 7.51. The van der Waals surface area contributed by atoms with Gasteiger partial charge < -0.3 is 9.88 Å². The molecule has 0 radical (unpaired) electrons. The first-order chi connectivity index (χ1) is 12.3. The van der Waals surface area contributed by atoms with Crippen LogP contribution in [0.15, 0.2) is 30.6 Å². The van der Waals surface area contributed by atoms with Crippen LogP contribution < -0.4 is 0 Å². The Morgan fingerprint density at radius 2 is 2.19 bits per heavy atom. The second-order valence-corrected chi connectivity index (χ2v) is 6.87. The summed E-state index contributed by atoms with van der Waals surface area (Å²) in [5, 5.41) is 0. The van der Waals surface area contributed by atoms with E-state index >= 15 is 0 Å². The Morgan fingerprint density at radius 3 is 2.88 bits per heavy atom. The lowest BCUT2D eigenvalue weighted by Gasteiger charge is -2.32. The lowest BCUT2D eigenvalue weighted by atomic mass is 9.91. The van der Waals surface area contributed by atoms with Crippen molar-refractivity contribution in [1.82, 2.24) is 14.9 Å². The number of likely N-dealkylation sites (tertiary alicyclic amines) is 1. The molecule has 0 spiro atoms. The number of hydrogen-bond donors (Lipinski definition) is 1. The molecular formula is C19H22F3N3O. The van der Waals surface area contributed by atoms with Crippen LogP contribution in [0.2, 0.25) is 0 Å². The number of hydrogen-bond acceptors (Lipinski definition) is 2. The molecule has 1 N–H and O–H groups in total. The Kier molecular flexibility index (Phi) is 5.34. The molecule has 3 rings (SSSR count). The fourth-order valence-electron chi connectivity index (χ4n) is 3.48. The predicted molar refractivity (Wildman–Crippen MR) is 91.7 cm³/mol. The summed E-state index contributed by atoms with van der Waals surface area (Å²) in [6.45, 7) is 3.14. The summed E-state index contributed by atoms with van der Waals surface area (Å²) < 4.78 is 38.5. The van der Waals surface area contributed by atoms with Gasteiger partial charge in [-0.3, -0.25) is 4.79 Å². The highest BCUT2D eigenvalue weighted by molar-refractivity contribution is 5.93. The van der Waals surface area contributed by atoms with Gasteiger partial charge in [-0.2, -0.15) is 13.2 Å². The zero-order valence-electron chi connectivity index (χ0n) is 14.6. The molecule has 0 aliphatic carbocycles. The van der Waals surface area contributed by atoms with Gasteiger partial charge in [-0.15, -0.1) is 0 Å². The highest BCUT2D eigenvalue weighted by atomic mass is 19.4. The van der Waals surface area contributed by atoms with Crippen LogP contribution >= 0.6 is 0 Å². The first kappa shape index (κ1) is 18.5. The van der Waals surface area contributed by atoms with Gasteiger partial charge >= 0.3 is 6.18 Å². The number of nitrogens with one attached hydrogen (secondary N) is 1. The molecule has 2 heterocycles. The molecule has 1 fully saturated rings. The minimum Gasteiger partial charge on any atom is -0.348 e. The van der Waals surface area contributed by atoms with Gasteiger partial charge in [-0.1, -0.05) is 18.2 Å². The third kappa shape index (κ3) is 4.26. The number of carbonyl (C=O) groups excluding carboxylic acids is 1. The second-order valence-electron chi connectivity index (χ2n) is 6.87. The van der Waals surface area contributed by atoms with Crippen molar-refractivity contribution >= 4 is 5.91 Å². The van der Waals surface area contributed by atoms with Crippen molar-refractivity contribution in [3.63, 3.8) is 0 Å². The van der Waals surface area contributed by atoms with Gasteiger partial charge in [0.05, 0.1) is 11.9 Å². The number of rotatable bonds is 4. The highest BCUT2D eigenvalue weighted by Gasteiger charge is 2.30. The molecular weight excluding hydrogens is 343 g/mol. The number of aromatic amines is 1. The summed E-state index contributed by atoms with van der Waals surface area (Å²) in [5.74, 6) is 0.217. The number of imidazole rings is 1. The smallest absolute Gasteiger partial charge is 0.348 e. The molecule has 1 amide bonds. The van der Waals surface area contributed by atoms with Gasteiger partial charge in [-0.25, -0.2) is 4.98 Å². The lowest BCUT2D eigenvalue weighted by molar-refractivity contribution is -0.137. The normalized spacial score (nSPS) is 18.2. The molecule has 0 saturated carbocycles.